The van der Waals surface area contributed by atoms with Crippen molar-refractivity contribution in [3.8, 4) is 11.5 Å². The van der Waals surface area contributed by atoms with Crippen molar-refractivity contribution in [2.45, 2.75) is 12.5 Å². The second-order valence-electron chi connectivity index (χ2n) is 4.13. The number of halogens is 3. The van der Waals surface area contributed by atoms with Gasteiger partial charge in [0.1, 0.15) is 18.1 Å². The predicted molar refractivity (Wildman–Crippen MR) is 86.0 cm³/mol. The smallest absolute Gasteiger partial charge is 0.125 e. The summed E-state index contributed by atoms with van der Waals surface area (Å²) in [4.78, 5) is 0. The lowest BCUT2D eigenvalue weighted by molar-refractivity contribution is 0.294. The molecule has 20 heavy (non-hydrogen) atoms. The third kappa shape index (κ3) is 3.81. The van der Waals surface area contributed by atoms with Crippen molar-refractivity contribution in [1.82, 2.24) is 0 Å². The lowest BCUT2D eigenvalue weighted by atomic mass is 10.2. The minimum absolute atomic E-state index is 0.353. The standard InChI is InChI=1S/C15H13BrCl2O2/c1-19-14-4-2-12(16)6-11(14)9-20-15-5-3-13(18)7-10(15)8-17/h2-7H,8-9H2,1H3. The lowest BCUT2D eigenvalue weighted by Crippen LogP contribution is -2.00. The van der Waals surface area contributed by atoms with Crippen molar-refractivity contribution in [3.63, 3.8) is 0 Å². The molecule has 2 aromatic rings. The van der Waals surface area contributed by atoms with E-state index in [9.17, 15) is 0 Å². The molecule has 0 amide bonds. The van der Waals surface area contributed by atoms with Gasteiger partial charge in [0, 0.05) is 20.6 Å². The van der Waals surface area contributed by atoms with Gasteiger partial charge < -0.3 is 9.47 Å². The molecule has 0 N–H and O–H groups in total. The maximum absolute atomic E-state index is 5.94. The fourth-order valence-electron chi connectivity index (χ4n) is 1.81. The predicted octanol–water partition coefficient (Wildman–Crippen LogP) is 5.43. The monoisotopic (exact) mass is 374 g/mol. The van der Waals surface area contributed by atoms with Crippen molar-refractivity contribution in [2.75, 3.05) is 7.11 Å². The van der Waals surface area contributed by atoms with Crippen molar-refractivity contribution in [2.24, 2.45) is 0 Å². The summed E-state index contributed by atoms with van der Waals surface area (Å²) in [7, 11) is 1.64. The summed E-state index contributed by atoms with van der Waals surface area (Å²) in [6.45, 7) is 0.397. The zero-order chi connectivity index (χ0) is 14.5. The van der Waals surface area contributed by atoms with Crippen LogP contribution in [0.5, 0.6) is 11.5 Å². The lowest BCUT2D eigenvalue weighted by Gasteiger charge is -2.13. The molecule has 2 nitrogen and oxygen atoms in total. The summed E-state index contributed by atoms with van der Waals surface area (Å²) in [6.07, 6.45) is 0. The highest BCUT2D eigenvalue weighted by atomic mass is 79.9. The Morgan fingerprint density at radius 3 is 2.50 bits per heavy atom. The highest BCUT2D eigenvalue weighted by Crippen LogP contribution is 2.28. The molecule has 2 aromatic carbocycles. The second-order valence-corrected chi connectivity index (χ2v) is 5.75. The summed E-state index contributed by atoms with van der Waals surface area (Å²) in [5.41, 5.74) is 1.82. The summed E-state index contributed by atoms with van der Waals surface area (Å²) in [5.74, 6) is 1.87. The maximum Gasteiger partial charge on any atom is 0.125 e. The number of benzene rings is 2. The molecule has 0 aromatic heterocycles. The van der Waals surface area contributed by atoms with Gasteiger partial charge in [-0.15, -0.1) is 11.6 Å². The van der Waals surface area contributed by atoms with Crippen LogP contribution in [0.4, 0.5) is 0 Å². The highest BCUT2D eigenvalue weighted by Gasteiger charge is 2.08. The van der Waals surface area contributed by atoms with Gasteiger partial charge in [-0.2, -0.15) is 0 Å². The van der Waals surface area contributed by atoms with Crippen LogP contribution in [0.1, 0.15) is 11.1 Å². The summed E-state index contributed by atoms with van der Waals surface area (Å²) < 4.78 is 12.1. The van der Waals surface area contributed by atoms with Gasteiger partial charge in [0.2, 0.25) is 0 Å². The number of hydrogen-bond acceptors (Lipinski definition) is 2. The van der Waals surface area contributed by atoms with E-state index in [1.807, 2.05) is 30.3 Å². The van der Waals surface area contributed by atoms with E-state index in [0.717, 1.165) is 27.1 Å². The number of hydrogen-bond donors (Lipinski definition) is 0. The largest absolute Gasteiger partial charge is 0.496 e. The zero-order valence-electron chi connectivity index (χ0n) is 10.8. The number of alkyl halides is 1. The molecule has 0 unspecified atom stereocenters. The van der Waals surface area contributed by atoms with Crippen LogP contribution in [-0.4, -0.2) is 7.11 Å². The van der Waals surface area contributed by atoms with Gasteiger partial charge in [-0.05, 0) is 36.4 Å². The number of ether oxygens (including phenoxy) is 2. The Hall–Kier alpha value is -0.900. The average molecular weight is 376 g/mol. The molecule has 2 rings (SSSR count). The van der Waals surface area contributed by atoms with Crippen LogP contribution in [0, 0.1) is 0 Å². The Morgan fingerprint density at radius 1 is 1.05 bits per heavy atom. The molecule has 0 bridgehead atoms. The fourth-order valence-corrected chi connectivity index (χ4v) is 2.62. The third-order valence-corrected chi connectivity index (χ3v) is 3.81. The summed E-state index contributed by atoms with van der Waals surface area (Å²) >= 11 is 15.3. The molecule has 0 spiro atoms. The fraction of sp³-hybridized carbons (Fsp3) is 0.200. The van der Waals surface area contributed by atoms with E-state index in [1.54, 1.807) is 13.2 Å². The number of methoxy groups -OCH3 is 1. The Morgan fingerprint density at radius 2 is 1.80 bits per heavy atom. The van der Waals surface area contributed by atoms with Gasteiger partial charge in [0.05, 0.1) is 13.0 Å². The molecule has 0 radical (unpaired) electrons. The highest BCUT2D eigenvalue weighted by molar-refractivity contribution is 9.10. The Bertz CT molecular complexity index is 602. The second kappa shape index (κ2) is 7.21. The first-order chi connectivity index (χ1) is 9.63. The Labute approximate surface area is 136 Å². The van der Waals surface area contributed by atoms with Crippen LogP contribution in [-0.2, 0) is 12.5 Å². The minimum Gasteiger partial charge on any atom is -0.496 e. The van der Waals surface area contributed by atoms with Gasteiger partial charge in [-0.25, -0.2) is 0 Å². The van der Waals surface area contributed by atoms with E-state index in [4.69, 9.17) is 32.7 Å². The minimum atomic E-state index is 0.353. The van der Waals surface area contributed by atoms with Crippen LogP contribution in [0.25, 0.3) is 0 Å². The first-order valence-electron chi connectivity index (χ1n) is 5.93. The van der Waals surface area contributed by atoms with Crippen molar-refractivity contribution in [1.29, 1.82) is 0 Å². The Balaban J connectivity index is 2.18. The molecule has 0 saturated heterocycles. The first kappa shape index (κ1) is 15.5. The van der Waals surface area contributed by atoms with Gasteiger partial charge in [0.25, 0.3) is 0 Å². The van der Waals surface area contributed by atoms with E-state index in [2.05, 4.69) is 15.9 Å². The topological polar surface area (TPSA) is 18.5 Å². The van der Waals surface area contributed by atoms with Crippen LogP contribution in [0.15, 0.2) is 40.9 Å². The molecule has 0 aliphatic rings. The van der Waals surface area contributed by atoms with Crippen LogP contribution in [0.3, 0.4) is 0 Å². The molecule has 5 heteroatoms. The molecule has 0 aliphatic heterocycles. The quantitative estimate of drug-likeness (QED) is 0.648. The molecule has 106 valence electrons. The normalized spacial score (nSPS) is 10.4. The van der Waals surface area contributed by atoms with E-state index in [1.165, 1.54) is 0 Å². The molecule has 0 fully saturated rings. The summed E-state index contributed by atoms with van der Waals surface area (Å²) in [6, 6.07) is 11.2. The SMILES string of the molecule is COc1ccc(Br)cc1COc1ccc(Cl)cc1CCl. The van der Waals surface area contributed by atoms with E-state index >= 15 is 0 Å². The average Bonchev–Trinajstić information content (AvgIpc) is 2.46. The van der Waals surface area contributed by atoms with Gasteiger partial charge in [-0.1, -0.05) is 27.5 Å². The molecule has 0 heterocycles. The van der Waals surface area contributed by atoms with Gasteiger partial charge >= 0.3 is 0 Å². The third-order valence-electron chi connectivity index (χ3n) is 2.79. The van der Waals surface area contributed by atoms with E-state index in [0.29, 0.717) is 17.5 Å². The Kier molecular flexibility index (Phi) is 5.58. The van der Waals surface area contributed by atoms with Crippen molar-refractivity contribution >= 4 is 39.1 Å². The van der Waals surface area contributed by atoms with E-state index in [-0.39, 0.29) is 0 Å². The number of rotatable bonds is 5. The van der Waals surface area contributed by atoms with Crippen LogP contribution in [0.2, 0.25) is 5.02 Å². The van der Waals surface area contributed by atoms with Gasteiger partial charge in [0.15, 0.2) is 0 Å². The molecule has 0 atom stereocenters. The molecular weight excluding hydrogens is 363 g/mol. The van der Waals surface area contributed by atoms with E-state index < -0.39 is 0 Å². The molecule has 0 aliphatic carbocycles. The molecule has 0 saturated carbocycles. The maximum atomic E-state index is 5.94. The summed E-state index contributed by atoms with van der Waals surface area (Å²) in [5, 5.41) is 0.646. The van der Waals surface area contributed by atoms with Crippen molar-refractivity contribution in [3.05, 3.63) is 57.0 Å². The van der Waals surface area contributed by atoms with Crippen molar-refractivity contribution < 1.29 is 9.47 Å². The first-order valence-corrected chi connectivity index (χ1v) is 7.64. The van der Waals surface area contributed by atoms with Crippen LogP contribution >= 0.6 is 39.1 Å². The zero-order valence-corrected chi connectivity index (χ0v) is 13.9. The van der Waals surface area contributed by atoms with Gasteiger partial charge in [-0.3, -0.25) is 0 Å². The molecular formula is C15H13BrCl2O2. The van der Waals surface area contributed by atoms with Crippen LogP contribution < -0.4 is 9.47 Å².